The molecular formula is C22H36N2O2. The van der Waals surface area contributed by atoms with E-state index in [1.54, 1.807) is 0 Å². The molecule has 2 aliphatic rings. The zero-order valence-corrected chi connectivity index (χ0v) is 16.6. The first-order valence-corrected chi connectivity index (χ1v) is 10.4. The van der Waals surface area contributed by atoms with Gasteiger partial charge in [0.1, 0.15) is 5.75 Å². The smallest absolute Gasteiger partial charge is 0.124 e. The Morgan fingerprint density at radius 3 is 2.42 bits per heavy atom. The Labute approximate surface area is 159 Å². The van der Waals surface area contributed by atoms with E-state index in [2.05, 4.69) is 47.9 Å². The summed E-state index contributed by atoms with van der Waals surface area (Å²) < 4.78 is 6.11. The lowest BCUT2D eigenvalue weighted by molar-refractivity contribution is 0.0162. The third-order valence-corrected chi connectivity index (χ3v) is 6.28. The Morgan fingerprint density at radius 2 is 1.77 bits per heavy atom. The number of para-hydroxylation sites is 1. The topological polar surface area (TPSA) is 35.9 Å². The van der Waals surface area contributed by atoms with Gasteiger partial charge in [0, 0.05) is 24.1 Å². The van der Waals surface area contributed by atoms with Crippen molar-refractivity contribution in [2.45, 2.75) is 58.6 Å². The third-order valence-electron chi connectivity index (χ3n) is 6.28. The molecule has 146 valence electrons. The van der Waals surface area contributed by atoms with Gasteiger partial charge < -0.3 is 14.7 Å². The number of likely N-dealkylation sites (tertiary alicyclic amines) is 2. The molecule has 0 radical (unpaired) electrons. The highest BCUT2D eigenvalue weighted by molar-refractivity contribution is 5.33. The Morgan fingerprint density at radius 1 is 1.08 bits per heavy atom. The first-order chi connectivity index (χ1) is 12.6. The maximum atomic E-state index is 10.1. The van der Waals surface area contributed by atoms with Crippen molar-refractivity contribution in [2.24, 2.45) is 5.41 Å². The average molecular weight is 361 g/mol. The lowest BCUT2D eigenvalue weighted by atomic mass is 9.78. The van der Waals surface area contributed by atoms with Crippen molar-refractivity contribution in [3.05, 3.63) is 29.8 Å². The van der Waals surface area contributed by atoms with Crippen LogP contribution in [0.4, 0.5) is 0 Å². The highest BCUT2D eigenvalue weighted by atomic mass is 16.5. The molecule has 2 aliphatic heterocycles. The summed E-state index contributed by atoms with van der Waals surface area (Å²) in [5.41, 5.74) is 1.39. The maximum Gasteiger partial charge on any atom is 0.124 e. The normalized spacial score (nSPS) is 22.4. The van der Waals surface area contributed by atoms with Gasteiger partial charge in [-0.25, -0.2) is 0 Å². The average Bonchev–Trinajstić information content (AvgIpc) is 3.17. The van der Waals surface area contributed by atoms with Crippen LogP contribution in [0.25, 0.3) is 0 Å². The molecule has 3 rings (SSSR count). The van der Waals surface area contributed by atoms with Crippen molar-refractivity contribution in [3.8, 4) is 5.75 Å². The van der Waals surface area contributed by atoms with Gasteiger partial charge in [-0.2, -0.15) is 0 Å². The lowest BCUT2D eigenvalue weighted by Crippen LogP contribution is -2.47. The number of rotatable bonds is 8. The van der Waals surface area contributed by atoms with Crippen LogP contribution in [-0.4, -0.2) is 60.3 Å². The fraction of sp³-hybridized carbons (Fsp3) is 0.727. The highest BCUT2D eigenvalue weighted by Crippen LogP contribution is 2.34. The first-order valence-electron chi connectivity index (χ1n) is 10.4. The van der Waals surface area contributed by atoms with Gasteiger partial charge in [0.15, 0.2) is 0 Å². The number of ether oxygens (including phenoxy) is 1. The van der Waals surface area contributed by atoms with Crippen molar-refractivity contribution in [1.82, 2.24) is 9.80 Å². The molecule has 2 fully saturated rings. The molecule has 4 nitrogen and oxygen atoms in total. The van der Waals surface area contributed by atoms with Crippen LogP contribution in [0.5, 0.6) is 5.75 Å². The maximum absolute atomic E-state index is 10.1. The number of aliphatic hydroxyl groups is 1. The molecule has 1 unspecified atom stereocenters. The molecule has 1 atom stereocenters. The largest absolute Gasteiger partial charge is 0.490 e. The molecule has 2 heterocycles. The van der Waals surface area contributed by atoms with Gasteiger partial charge in [0.25, 0.3) is 0 Å². The van der Waals surface area contributed by atoms with Crippen molar-refractivity contribution >= 4 is 0 Å². The Hall–Kier alpha value is -1.10. The molecule has 0 bridgehead atoms. The van der Waals surface area contributed by atoms with Crippen molar-refractivity contribution in [3.63, 3.8) is 0 Å². The van der Waals surface area contributed by atoms with Crippen LogP contribution in [-0.2, 0) is 6.54 Å². The second-order valence-electron chi connectivity index (χ2n) is 8.36. The van der Waals surface area contributed by atoms with E-state index in [4.69, 9.17) is 4.74 Å². The van der Waals surface area contributed by atoms with Crippen LogP contribution in [0.15, 0.2) is 24.3 Å². The molecular weight excluding hydrogens is 324 g/mol. The molecule has 4 heteroatoms. The highest BCUT2D eigenvalue weighted by Gasteiger charge is 2.36. The van der Waals surface area contributed by atoms with Crippen molar-refractivity contribution < 1.29 is 9.84 Å². The van der Waals surface area contributed by atoms with Crippen LogP contribution in [0.3, 0.4) is 0 Å². The molecule has 1 N–H and O–H groups in total. The fourth-order valence-electron chi connectivity index (χ4n) is 4.26. The zero-order chi connectivity index (χ0) is 18.4. The Balaban J connectivity index is 1.56. The summed E-state index contributed by atoms with van der Waals surface area (Å²) in [6, 6.07) is 8.45. The standard InChI is InChI=1S/C22H36N2O2/c1-3-19(2)26-21-9-5-4-8-20(21)16-23-14-10-22(18-25,11-15-23)17-24-12-6-7-13-24/h4-5,8-9,19,25H,3,6-7,10-18H2,1-2H3. The monoisotopic (exact) mass is 360 g/mol. The summed E-state index contributed by atoms with van der Waals surface area (Å²) in [6.45, 7) is 11.2. The number of aliphatic hydroxyl groups excluding tert-OH is 1. The number of nitrogens with zero attached hydrogens (tertiary/aromatic N) is 2. The second kappa shape index (κ2) is 9.20. The summed E-state index contributed by atoms with van der Waals surface area (Å²) in [6.07, 6.45) is 6.09. The van der Waals surface area contributed by atoms with E-state index in [0.29, 0.717) is 6.61 Å². The molecule has 2 saturated heterocycles. The quantitative estimate of drug-likeness (QED) is 0.769. The van der Waals surface area contributed by atoms with Crippen LogP contribution >= 0.6 is 0 Å². The SMILES string of the molecule is CCC(C)Oc1ccccc1CN1CCC(CO)(CN2CCCC2)CC1. The van der Waals surface area contributed by atoms with Gasteiger partial charge in [-0.3, -0.25) is 4.90 Å². The molecule has 0 saturated carbocycles. The first kappa shape index (κ1) is 19.7. The summed E-state index contributed by atoms with van der Waals surface area (Å²) >= 11 is 0. The number of hydrogen-bond acceptors (Lipinski definition) is 4. The predicted molar refractivity (Wildman–Crippen MR) is 107 cm³/mol. The van der Waals surface area contributed by atoms with Crippen molar-refractivity contribution in [2.75, 3.05) is 39.3 Å². The van der Waals surface area contributed by atoms with E-state index in [9.17, 15) is 5.11 Å². The van der Waals surface area contributed by atoms with Gasteiger partial charge in [-0.1, -0.05) is 25.1 Å². The van der Waals surface area contributed by atoms with Crippen molar-refractivity contribution in [1.29, 1.82) is 0 Å². The fourth-order valence-corrected chi connectivity index (χ4v) is 4.26. The minimum Gasteiger partial charge on any atom is -0.490 e. The second-order valence-corrected chi connectivity index (χ2v) is 8.36. The molecule has 26 heavy (non-hydrogen) atoms. The van der Waals surface area contributed by atoms with Gasteiger partial charge >= 0.3 is 0 Å². The third kappa shape index (κ3) is 4.99. The molecule has 0 aliphatic carbocycles. The molecule has 0 aromatic heterocycles. The van der Waals surface area contributed by atoms with Crippen LogP contribution < -0.4 is 4.74 Å². The molecule has 1 aromatic carbocycles. The van der Waals surface area contributed by atoms with Crippen LogP contribution in [0.1, 0.15) is 51.5 Å². The van der Waals surface area contributed by atoms with E-state index in [0.717, 1.165) is 51.2 Å². The van der Waals surface area contributed by atoms with E-state index in [1.165, 1.54) is 31.5 Å². The summed E-state index contributed by atoms with van der Waals surface area (Å²) in [7, 11) is 0. The lowest BCUT2D eigenvalue weighted by Gasteiger charge is -2.43. The number of hydrogen-bond donors (Lipinski definition) is 1. The number of piperidine rings is 1. The summed E-state index contributed by atoms with van der Waals surface area (Å²) in [5.74, 6) is 1.03. The summed E-state index contributed by atoms with van der Waals surface area (Å²) in [4.78, 5) is 5.08. The zero-order valence-electron chi connectivity index (χ0n) is 16.6. The van der Waals surface area contributed by atoms with Gasteiger partial charge in [-0.05, 0) is 71.3 Å². The van der Waals surface area contributed by atoms with Gasteiger partial charge in [0.2, 0.25) is 0 Å². The summed E-state index contributed by atoms with van der Waals surface area (Å²) in [5, 5.41) is 10.1. The molecule has 0 amide bonds. The van der Waals surface area contributed by atoms with E-state index in [1.807, 2.05) is 0 Å². The molecule has 0 spiro atoms. The Kier molecular flexibility index (Phi) is 6.96. The van der Waals surface area contributed by atoms with Gasteiger partial charge in [0.05, 0.1) is 12.7 Å². The van der Waals surface area contributed by atoms with Crippen LogP contribution in [0.2, 0.25) is 0 Å². The Bertz CT molecular complexity index is 549. The minimum atomic E-state index is 0.105. The van der Waals surface area contributed by atoms with Crippen LogP contribution in [0, 0.1) is 5.41 Å². The number of benzene rings is 1. The van der Waals surface area contributed by atoms with E-state index < -0.39 is 0 Å². The minimum absolute atomic E-state index is 0.105. The molecule has 1 aromatic rings. The predicted octanol–water partition coefficient (Wildman–Crippen LogP) is 3.53. The van der Waals surface area contributed by atoms with E-state index in [-0.39, 0.29) is 11.5 Å². The van der Waals surface area contributed by atoms with Gasteiger partial charge in [-0.15, -0.1) is 0 Å². The van der Waals surface area contributed by atoms with E-state index >= 15 is 0 Å².